The molecule has 1 aromatic heterocycles. The molecule has 6 nitrogen and oxygen atoms in total. The summed E-state index contributed by atoms with van der Waals surface area (Å²) in [6.45, 7) is 4.45. The predicted octanol–water partition coefficient (Wildman–Crippen LogP) is 4.54. The van der Waals surface area contributed by atoms with Crippen LogP contribution in [0.25, 0.3) is 0 Å². The summed E-state index contributed by atoms with van der Waals surface area (Å²) < 4.78 is 11.2. The third-order valence-corrected chi connectivity index (χ3v) is 4.43. The Bertz CT molecular complexity index is 951. The molecule has 0 saturated heterocycles. The lowest BCUT2D eigenvalue weighted by molar-refractivity contribution is 0.293. The Morgan fingerprint density at radius 3 is 2.52 bits per heavy atom. The van der Waals surface area contributed by atoms with E-state index in [9.17, 15) is 0 Å². The van der Waals surface area contributed by atoms with Gasteiger partial charge in [0.2, 0.25) is 5.88 Å². The zero-order valence-corrected chi connectivity index (χ0v) is 20.2. The van der Waals surface area contributed by atoms with E-state index in [-0.39, 0.29) is 24.0 Å². The third-order valence-electron chi connectivity index (χ3n) is 4.43. The molecule has 0 aliphatic carbocycles. The number of aliphatic imine (C=N–C) groups is 1. The number of guanidine groups is 1. The summed E-state index contributed by atoms with van der Waals surface area (Å²) >= 11 is 0. The molecule has 164 valence electrons. The van der Waals surface area contributed by atoms with Gasteiger partial charge in [-0.05, 0) is 30.2 Å². The fraction of sp³-hybridized carbons (Fsp3) is 0.250. The van der Waals surface area contributed by atoms with Crippen molar-refractivity contribution in [2.45, 2.75) is 26.6 Å². The highest BCUT2D eigenvalue weighted by Crippen LogP contribution is 2.17. The molecular formula is C24H29IN4O2. The van der Waals surface area contributed by atoms with E-state index in [0.29, 0.717) is 25.6 Å². The second-order valence-corrected chi connectivity index (χ2v) is 6.64. The van der Waals surface area contributed by atoms with Crippen LogP contribution in [0.1, 0.15) is 23.6 Å². The number of para-hydroxylation sites is 1. The van der Waals surface area contributed by atoms with Crippen LogP contribution in [0.15, 0.2) is 77.9 Å². The van der Waals surface area contributed by atoms with Gasteiger partial charge < -0.3 is 20.1 Å². The van der Waals surface area contributed by atoms with Gasteiger partial charge in [-0.2, -0.15) is 0 Å². The van der Waals surface area contributed by atoms with Crippen molar-refractivity contribution in [1.82, 2.24) is 15.6 Å². The van der Waals surface area contributed by atoms with Gasteiger partial charge >= 0.3 is 0 Å². The van der Waals surface area contributed by atoms with Crippen LogP contribution in [0, 0.1) is 0 Å². The first-order valence-corrected chi connectivity index (χ1v) is 10.0. The van der Waals surface area contributed by atoms with Crippen molar-refractivity contribution in [3.05, 3.63) is 89.6 Å². The lowest BCUT2D eigenvalue weighted by atomic mass is 10.2. The van der Waals surface area contributed by atoms with E-state index in [0.717, 1.165) is 34.9 Å². The van der Waals surface area contributed by atoms with Gasteiger partial charge in [0, 0.05) is 30.9 Å². The van der Waals surface area contributed by atoms with Crippen LogP contribution in [0.3, 0.4) is 0 Å². The Kier molecular flexibility index (Phi) is 10.6. The van der Waals surface area contributed by atoms with Crippen LogP contribution in [-0.4, -0.2) is 24.6 Å². The largest absolute Gasteiger partial charge is 0.496 e. The number of nitrogens with zero attached hydrogens (tertiary/aromatic N) is 2. The van der Waals surface area contributed by atoms with Crippen molar-refractivity contribution in [2.75, 3.05) is 13.7 Å². The van der Waals surface area contributed by atoms with E-state index in [1.807, 2.05) is 73.7 Å². The number of hydrogen-bond acceptors (Lipinski definition) is 4. The molecular weight excluding hydrogens is 503 g/mol. The lowest BCUT2D eigenvalue weighted by Crippen LogP contribution is -2.36. The first-order chi connectivity index (χ1) is 14.8. The topological polar surface area (TPSA) is 67.8 Å². The van der Waals surface area contributed by atoms with E-state index >= 15 is 0 Å². The average molecular weight is 532 g/mol. The number of benzene rings is 2. The Morgan fingerprint density at radius 1 is 0.968 bits per heavy atom. The molecule has 2 N–H and O–H groups in total. The van der Waals surface area contributed by atoms with Crippen molar-refractivity contribution in [1.29, 1.82) is 0 Å². The number of hydrogen-bond donors (Lipinski definition) is 2. The van der Waals surface area contributed by atoms with E-state index in [1.54, 1.807) is 13.3 Å². The number of methoxy groups -OCH3 is 1. The Balaban J connectivity index is 0.00000341. The van der Waals surface area contributed by atoms with Crippen LogP contribution >= 0.6 is 24.0 Å². The molecule has 0 aliphatic rings. The van der Waals surface area contributed by atoms with Crippen molar-refractivity contribution < 1.29 is 9.47 Å². The van der Waals surface area contributed by atoms with Gasteiger partial charge in [0.1, 0.15) is 12.4 Å². The molecule has 7 heteroatoms. The van der Waals surface area contributed by atoms with E-state index in [4.69, 9.17) is 9.47 Å². The molecule has 1 heterocycles. The molecule has 0 bridgehead atoms. The molecule has 0 amide bonds. The van der Waals surface area contributed by atoms with Crippen molar-refractivity contribution in [3.63, 3.8) is 0 Å². The maximum atomic E-state index is 5.81. The number of ether oxygens (including phenoxy) is 2. The maximum Gasteiger partial charge on any atom is 0.213 e. The summed E-state index contributed by atoms with van der Waals surface area (Å²) in [5, 5.41) is 6.63. The summed E-state index contributed by atoms with van der Waals surface area (Å²) in [5.74, 6) is 2.20. The number of halogens is 1. The fourth-order valence-corrected chi connectivity index (χ4v) is 2.90. The fourth-order valence-electron chi connectivity index (χ4n) is 2.90. The van der Waals surface area contributed by atoms with Gasteiger partial charge in [-0.25, -0.2) is 9.98 Å². The van der Waals surface area contributed by atoms with Crippen LogP contribution in [0.2, 0.25) is 0 Å². The lowest BCUT2D eigenvalue weighted by Gasteiger charge is -2.13. The predicted molar refractivity (Wildman–Crippen MR) is 135 cm³/mol. The minimum atomic E-state index is 0. The standard InChI is InChI=1S/C24H28N4O2.HI/c1-3-25-24(28-17-21-11-7-8-12-22(21)29-2)27-16-20-13-14-26-23(15-20)30-18-19-9-5-4-6-10-19;/h4-15H,3,16-18H2,1-2H3,(H2,25,27,28);1H. The van der Waals surface area contributed by atoms with Crippen molar-refractivity contribution in [2.24, 2.45) is 4.99 Å². The number of pyridine rings is 1. The van der Waals surface area contributed by atoms with Gasteiger partial charge in [0.05, 0.1) is 13.7 Å². The summed E-state index contributed by atoms with van der Waals surface area (Å²) in [5.41, 5.74) is 3.21. The summed E-state index contributed by atoms with van der Waals surface area (Å²) in [6.07, 6.45) is 1.75. The molecule has 0 fully saturated rings. The van der Waals surface area contributed by atoms with Gasteiger partial charge in [0.25, 0.3) is 0 Å². The second kappa shape index (κ2) is 13.5. The molecule has 2 aromatic carbocycles. The minimum absolute atomic E-state index is 0. The molecule has 0 atom stereocenters. The van der Waals surface area contributed by atoms with Crippen LogP contribution in [0.5, 0.6) is 11.6 Å². The highest BCUT2D eigenvalue weighted by molar-refractivity contribution is 14.0. The summed E-state index contributed by atoms with van der Waals surface area (Å²) in [4.78, 5) is 8.98. The molecule has 3 aromatic rings. The zero-order chi connectivity index (χ0) is 21.0. The van der Waals surface area contributed by atoms with Gasteiger partial charge in [-0.15, -0.1) is 24.0 Å². The number of rotatable bonds is 9. The first-order valence-electron chi connectivity index (χ1n) is 10.0. The zero-order valence-electron chi connectivity index (χ0n) is 17.9. The third kappa shape index (κ3) is 8.09. The monoisotopic (exact) mass is 532 g/mol. The first kappa shape index (κ1) is 24.5. The normalized spacial score (nSPS) is 10.7. The quantitative estimate of drug-likeness (QED) is 0.241. The summed E-state index contributed by atoms with van der Waals surface area (Å²) in [7, 11) is 1.68. The minimum Gasteiger partial charge on any atom is -0.496 e. The molecule has 0 spiro atoms. The van der Waals surface area contributed by atoms with E-state index in [1.165, 1.54) is 0 Å². The van der Waals surface area contributed by atoms with Gasteiger partial charge in [0.15, 0.2) is 5.96 Å². The SMILES string of the molecule is CCNC(=NCc1ccnc(OCc2ccccc2)c1)NCc1ccccc1OC.I. The van der Waals surface area contributed by atoms with Gasteiger partial charge in [-0.3, -0.25) is 0 Å². The smallest absolute Gasteiger partial charge is 0.213 e. The van der Waals surface area contributed by atoms with E-state index in [2.05, 4.69) is 20.6 Å². The van der Waals surface area contributed by atoms with Crippen molar-refractivity contribution >= 4 is 29.9 Å². The van der Waals surface area contributed by atoms with Crippen LogP contribution in [0.4, 0.5) is 0 Å². The van der Waals surface area contributed by atoms with Gasteiger partial charge in [-0.1, -0.05) is 48.5 Å². The molecule has 0 radical (unpaired) electrons. The molecule has 0 aliphatic heterocycles. The Morgan fingerprint density at radius 2 is 1.74 bits per heavy atom. The number of aromatic nitrogens is 1. The highest BCUT2D eigenvalue weighted by Gasteiger charge is 2.04. The van der Waals surface area contributed by atoms with Crippen LogP contribution in [-0.2, 0) is 19.7 Å². The second-order valence-electron chi connectivity index (χ2n) is 6.64. The van der Waals surface area contributed by atoms with Crippen LogP contribution < -0.4 is 20.1 Å². The molecule has 3 rings (SSSR count). The highest BCUT2D eigenvalue weighted by atomic mass is 127. The molecule has 0 saturated carbocycles. The average Bonchev–Trinajstić information content (AvgIpc) is 2.80. The van der Waals surface area contributed by atoms with Crippen molar-refractivity contribution in [3.8, 4) is 11.6 Å². The Labute approximate surface area is 201 Å². The Hall–Kier alpha value is -2.81. The number of nitrogens with one attached hydrogen (secondary N) is 2. The van der Waals surface area contributed by atoms with E-state index < -0.39 is 0 Å². The maximum absolute atomic E-state index is 5.81. The molecule has 31 heavy (non-hydrogen) atoms. The summed E-state index contributed by atoms with van der Waals surface area (Å²) in [6, 6.07) is 21.9. The molecule has 0 unspecified atom stereocenters.